The van der Waals surface area contributed by atoms with Gasteiger partial charge < -0.3 is 20.4 Å². The molecule has 1 saturated heterocycles. The molecule has 1 aliphatic heterocycles. The molecule has 0 spiro atoms. The van der Waals surface area contributed by atoms with Gasteiger partial charge in [-0.3, -0.25) is 9.59 Å². The molecule has 2 unspecified atom stereocenters. The lowest BCUT2D eigenvalue weighted by molar-refractivity contribution is -0.930. The molecule has 0 aliphatic carbocycles. The lowest BCUT2D eigenvalue weighted by Crippen LogP contribution is -3.18. The van der Waals surface area contributed by atoms with Crippen molar-refractivity contribution in [3.8, 4) is 0 Å². The van der Waals surface area contributed by atoms with Crippen molar-refractivity contribution in [2.45, 2.75) is 39.3 Å². The van der Waals surface area contributed by atoms with Crippen LogP contribution in [0.2, 0.25) is 0 Å². The van der Waals surface area contributed by atoms with E-state index in [0.29, 0.717) is 18.7 Å². The lowest BCUT2D eigenvalue weighted by atomic mass is 10.1. The van der Waals surface area contributed by atoms with E-state index in [1.165, 1.54) is 15.9 Å². The maximum Gasteiger partial charge on any atom is 0.275 e. The first-order valence-corrected chi connectivity index (χ1v) is 9.71. The second-order valence-electron chi connectivity index (χ2n) is 8.37. The van der Waals surface area contributed by atoms with Crippen LogP contribution in [-0.4, -0.2) is 56.6 Å². The van der Waals surface area contributed by atoms with E-state index in [4.69, 9.17) is 0 Å². The molecule has 1 fully saturated rings. The van der Waals surface area contributed by atoms with Crippen LogP contribution >= 0.6 is 0 Å². The van der Waals surface area contributed by atoms with E-state index in [1.54, 1.807) is 18.2 Å². The zero-order valence-electron chi connectivity index (χ0n) is 16.7. The fourth-order valence-electron chi connectivity index (χ4n) is 3.36. The SMILES string of the molecule is CC(C)(C)NC(=O)C[NH+]1CCC[NH+](CC(=O)NCc2ccccc2F)CC1. The maximum absolute atomic E-state index is 13.6. The van der Waals surface area contributed by atoms with Crippen LogP contribution in [0.25, 0.3) is 0 Å². The highest BCUT2D eigenvalue weighted by atomic mass is 19.1. The fourth-order valence-corrected chi connectivity index (χ4v) is 3.36. The summed E-state index contributed by atoms with van der Waals surface area (Å²) in [6, 6.07) is 6.47. The van der Waals surface area contributed by atoms with E-state index in [-0.39, 0.29) is 29.7 Å². The molecule has 0 radical (unpaired) electrons. The van der Waals surface area contributed by atoms with Crippen molar-refractivity contribution >= 4 is 11.8 Å². The molecule has 0 saturated carbocycles. The Bertz CT molecular complexity index is 645. The van der Waals surface area contributed by atoms with Gasteiger partial charge in [-0.2, -0.15) is 0 Å². The molecular weight excluding hydrogens is 347 g/mol. The average Bonchev–Trinajstić information content (AvgIpc) is 2.77. The molecule has 2 atom stereocenters. The zero-order valence-corrected chi connectivity index (χ0v) is 16.7. The zero-order chi connectivity index (χ0) is 19.9. The van der Waals surface area contributed by atoms with Crippen LogP contribution in [0.15, 0.2) is 24.3 Å². The van der Waals surface area contributed by atoms with Crippen LogP contribution in [0.4, 0.5) is 4.39 Å². The Balaban J connectivity index is 1.73. The number of carbonyl (C=O) groups is 2. The first kappa shape index (κ1) is 21.3. The molecule has 4 N–H and O–H groups in total. The molecule has 1 aromatic carbocycles. The molecule has 1 aromatic rings. The summed E-state index contributed by atoms with van der Waals surface area (Å²) in [7, 11) is 0. The van der Waals surface area contributed by atoms with Crippen LogP contribution in [0.1, 0.15) is 32.8 Å². The third-order valence-corrected chi connectivity index (χ3v) is 4.66. The number of carbonyl (C=O) groups excluding carboxylic acids is 2. The summed E-state index contributed by atoms with van der Waals surface area (Å²) in [6.45, 7) is 10.6. The van der Waals surface area contributed by atoms with Gasteiger partial charge in [0.15, 0.2) is 13.1 Å². The van der Waals surface area contributed by atoms with Crippen molar-refractivity contribution < 1.29 is 23.8 Å². The number of hydrogen-bond donors (Lipinski definition) is 4. The summed E-state index contributed by atoms with van der Waals surface area (Å²) >= 11 is 0. The van der Waals surface area contributed by atoms with Crippen molar-refractivity contribution in [2.24, 2.45) is 0 Å². The van der Waals surface area contributed by atoms with Gasteiger partial charge >= 0.3 is 0 Å². The molecular formula is C20H33FN4O2+2. The van der Waals surface area contributed by atoms with Crippen molar-refractivity contribution in [1.82, 2.24) is 10.6 Å². The van der Waals surface area contributed by atoms with Crippen molar-refractivity contribution in [3.05, 3.63) is 35.6 Å². The van der Waals surface area contributed by atoms with Gasteiger partial charge in [0, 0.05) is 24.1 Å². The number of halogens is 1. The molecule has 150 valence electrons. The number of amides is 2. The normalized spacial score (nSPS) is 20.6. The predicted octanol–water partition coefficient (Wildman–Crippen LogP) is -1.47. The summed E-state index contributed by atoms with van der Waals surface area (Å²) in [5.74, 6) is -0.293. The monoisotopic (exact) mass is 380 g/mol. The molecule has 2 rings (SSSR count). The first-order valence-electron chi connectivity index (χ1n) is 9.71. The first-order chi connectivity index (χ1) is 12.7. The van der Waals surface area contributed by atoms with Crippen LogP contribution in [-0.2, 0) is 16.1 Å². The largest absolute Gasteiger partial charge is 0.347 e. The van der Waals surface area contributed by atoms with Crippen molar-refractivity contribution in [1.29, 1.82) is 0 Å². The smallest absolute Gasteiger partial charge is 0.275 e. The molecule has 27 heavy (non-hydrogen) atoms. The number of rotatable bonds is 6. The Morgan fingerprint density at radius 1 is 1.00 bits per heavy atom. The highest BCUT2D eigenvalue weighted by Crippen LogP contribution is 2.05. The molecule has 1 aliphatic rings. The van der Waals surface area contributed by atoms with E-state index in [2.05, 4.69) is 10.6 Å². The second kappa shape index (κ2) is 9.80. The Labute approximate surface area is 161 Å². The van der Waals surface area contributed by atoms with Gasteiger partial charge in [0.2, 0.25) is 0 Å². The standard InChI is InChI=1S/C20H31FN4O2/c1-20(2,3)23-19(27)15-25-10-6-9-24(11-12-25)14-18(26)22-13-16-7-4-5-8-17(16)21/h4-5,7-8H,6,9-15H2,1-3H3,(H,22,26)(H,23,27)/p+2. The van der Waals surface area contributed by atoms with E-state index in [1.807, 2.05) is 20.8 Å². The maximum atomic E-state index is 13.6. The van der Waals surface area contributed by atoms with E-state index < -0.39 is 0 Å². The quantitative estimate of drug-likeness (QED) is 0.487. The summed E-state index contributed by atoms with van der Waals surface area (Å²) < 4.78 is 13.6. The number of benzene rings is 1. The Kier molecular flexibility index (Phi) is 7.74. The topological polar surface area (TPSA) is 67.1 Å². The highest BCUT2D eigenvalue weighted by molar-refractivity contribution is 5.77. The average molecular weight is 381 g/mol. The number of hydrogen-bond acceptors (Lipinski definition) is 2. The van der Waals surface area contributed by atoms with Crippen molar-refractivity contribution in [3.63, 3.8) is 0 Å². The van der Waals surface area contributed by atoms with E-state index in [0.717, 1.165) is 32.6 Å². The minimum atomic E-state index is -0.298. The third-order valence-electron chi connectivity index (χ3n) is 4.66. The minimum absolute atomic E-state index is 0.0674. The van der Waals surface area contributed by atoms with Crippen LogP contribution in [0, 0.1) is 5.82 Å². The fraction of sp³-hybridized carbons (Fsp3) is 0.600. The van der Waals surface area contributed by atoms with Gasteiger partial charge in [0.1, 0.15) is 18.9 Å². The lowest BCUT2D eigenvalue weighted by Gasteiger charge is -2.22. The van der Waals surface area contributed by atoms with Crippen LogP contribution in [0.5, 0.6) is 0 Å². The van der Waals surface area contributed by atoms with E-state index >= 15 is 0 Å². The summed E-state index contributed by atoms with van der Waals surface area (Å²) in [5, 5.41) is 5.81. The molecule has 7 heteroatoms. The predicted molar refractivity (Wildman–Crippen MR) is 102 cm³/mol. The molecule has 6 nitrogen and oxygen atoms in total. The molecule has 2 amide bonds. The van der Waals surface area contributed by atoms with Gasteiger partial charge in [-0.15, -0.1) is 0 Å². The summed E-state index contributed by atoms with van der Waals surface area (Å²) in [6.07, 6.45) is 0.980. The third kappa shape index (κ3) is 8.05. The second-order valence-corrected chi connectivity index (χ2v) is 8.37. The highest BCUT2D eigenvalue weighted by Gasteiger charge is 2.25. The number of quaternary nitrogens is 2. The van der Waals surface area contributed by atoms with Crippen molar-refractivity contribution in [2.75, 3.05) is 39.3 Å². The van der Waals surface area contributed by atoms with Gasteiger partial charge in [-0.1, -0.05) is 18.2 Å². The summed E-state index contributed by atoms with van der Waals surface area (Å²) in [5.41, 5.74) is 0.285. The van der Waals surface area contributed by atoms with Gasteiger partial charge in [-0.25, -0.2) is 4.39 Å². The van der Waals surface area contributed by atoms with Gasteiger partial charge in [-0.05, 0) is 26.8 Å². The Hall–Kier alpha value is -1.99. The number of nitrogens with one attached hydrogen (secondary N) is 4. The molecule has 1 heterocycles. The van der Waals surface area contributed by atoms with Crippen LogP contribution < -0.4 is 20.4 Å². The minimum Gasteiger partial charge on any atom is -0.347 e. The van der Waals surface area contributed by atoms with E-state index in [9.17, 15) is 14.0 Å². The molecule has 0 bridgehead atoms. The van der Waals surface area contributed by atoms with Crippen LogP contribution in [0.3, 0.4) is 0 Å². The Morgan fingerprint density at radius 3 is 2.19 bits per heavy atom. The summed E-state index contributed by atoms with van der Waals surface area (Å²) in [4.78, 5) is 26.8. The van der Waals surface area contributed by atoms with Gasteiger partial charge in [0.25, 0.3) is 11.8 Å². The van der Waals surface area contributed by atoms with Gasteiger partial charge in [0.05, 0.1) is 13.1 Å². The molecule has 0 aromatic heterocycles. The Morgan fingerprint density at radius 2 is 1.59 bits per heavy atom.